The van der Waals surface area contributed by atoms with E-state index in [2.05, 4.69) is 14.7 Å². The van der Waals surface area contributed by atoms with Gasteiger partial charge in [-0.1, -0.05) is 19.3 Å². The number of nitrogens with zero attached hydrogens (tertiary/aromatic N) is 3. The maximum atomic E-state index is 12.4. The monoisotopic (exact) mass is 335 g/mol. The fraction of sp³-hybridized carbons (Fsp3) is 0.500. The summed E-state index contributed by atoms with van der Waals surface area (Å²) in [4.78, 5) is 39.7. The summed E-state index contributed by atoms with van der Waals surface area (Å²) in [5.74, 6) is -0.935. The molecular formula is C14H17N5O3S. The van der Waals surface area contributed by atoms with Crippen molar-refractivity contribution < 1.29 is 9.59 Å². The Morgan fingerprint density at radius 1 is 1.35 bits per heavy atom. The first-order valence-electron chi connectivity index (χ1n) is 7.50. The van der Waals surface area contributed by atoms with E-state index in [0.29, 0.717) is 0 Å². The Hall–Kier alpha value is -2.29. The summed E-state index contributed by atoms with van der Waals surface area (Å²) in [6, 6.07) is 0.188. The molecule has 0 bridgehead atoms. The van der Waals surface area contributed by atoms with Crippen LogP contribution in [0.15, 0.2) is 11.1 Å². The number of aromatic nitrogens is 3. The third kappa shape index (κ3) is 3.24. The van der Waals surface area contributed by atoms with E-state index in [1.54, 1.807) is 0 Å². The smallest absolute Gasteiger partial charge is 0.273 e. The van der Waals surface area contributed by atoms with Gasteiger partial charge in [-0.25, -0.2) is 4.98 Å². The predicted molar refractivity (Wildman–Crippen MR) is 85.2 cm³/mol. The molecule has 0 atom stereocenters. The largest absolute Gasteiger partial charge is 0.364 e. The third-order valence-corrected chi connectivity index (χ3v) is 4.79. The molecule has 0 radical (unpaired) electrons. The van der Waals surface area contributed by atoms with Crippen LogP contribution < -0.4 is 16.6 Å². The quantitative estimate of drug-likeness (QED) is 0.838. The number of fused-ring (bicyclic) bond motifs is 1. The van der Waals surface area contributed by atoms with Crippen molar-refractivity contribution in [2.45, 2.75) is 44.7 Å². The molecule has 0 unspecified atom stereocenters. The van der Waals surface area contributed by atoms with Crippen LogP contribution in [0.3, 0.4) is 0 Å². The Kier molecular flexibility index (Phi) is 4.37. The van der Waals surface area contributed by atoms with E-state index in [1.807, 2.05) is 0 Å². The minimum atomic E-state index is -0.726. The molecule has 0 saturated heterocycles. The lowest BCUT2D eigenvalue weighted by atomic mass is 9.95. The molecule has 2 aromatic rings. The lowest BCUT2D eigenvalue weighted by molar-refractivity contribution is -0.122. The number of carbonyl (C=O) groups excluding carboxylic acids is 2. The topological polar surface area (TPSA) is 120 Å². The van der Waals surface area contributed by atoms with Gasteiger partial charge in [0.05, 0.1) is 6.33 Å². The van der Waals surface area contributed by atoms with Gasteiger partial charge in [0.1, 0.15) is 16.8 Å². The molecule has 1 saturated carbocycles. The number of hydrogen-bond acceptors (Lipinski definition) is 6. The average Bonchev–Trinajstić information content (AvgIpc) is 2.96. The predicted octanol–water partition coefficient (Wildman–Crippen LogP) is 0.401. The van der Waals surface area contributed by atoms with Crippen molar-refractivity contribution >= 4 is 33.6 Å². The molecule has 1 aliphatic carbocycles. The van der Waals surface area contributed by atoms with E-state index in [0.717, 1.165) is 37.2 Å². The molecule has 0 aromatic carbocycles. The Morgan fingerprint density at radius 3 is 2.78 bits per heavy atom. The van der Waals surface area contributed by atoms with Crippen LogP contribution >= 0.6 is 11.5 Å². The van der Waals surface area contributed by atoms with Crippen molar-refractivity contribution in [2.24, 2.45) is 5.73 Å². The Bertz CT molecular complexity index is 806. The van der Waals surface area contributed by atoms with E-state index >= 15 is 0 Å². The maximum absolute atomic E-state index is 12.4. The molecule has 2 heterocycles. The fourth-order valence-electron chi connectivity index (χ4n) is 2.80. The molecular weight excluding hydrogens is 318 g/mol. The molecule has 9 heteroatoms. The summed E-state index contributed by atoms with van der Waals surface area (Å²) in [5, 5.41) is 2.95. The second kappa shape index (κ2) is 6.45. The van der Waals surface area contributed by atoms with Crippen LogP contribution in [-0.2, 0) is 11.3 Å². The molecule has 3 N–H and O–H groups in total. The van der Waals surface area contributed by atoms with E-state index in [9.17, 15) is 14.4 Å². The van der Waals surface area contributed by atoms with Gasteiger partial charge in [0.2, 0.25) is 5.91 Å². The van der Waals surface area contributed by atoms with Crippen LogP contribution in [0, 0.1) is 0 Å². The second-order valence-corrected chi connectivity index (χ2v) is 6.43. The minimum Gasteiger partial charge on any atom is -0.364 e. The average molecular weight is 335 g/mol. The molecule has 1 aliphatic rings. The lowest BCUT2D eigenvalue weighted by Crippen LogP contribution is -2.39. The van der Waals surface area contributed by atoms with Crippen LogP contribution in [0.4, 0.5) is 0 Å². The zero-order chi connectivity index (χ0) is 16.4. The standard InChI is InChI=1S/C14H17N5O3S/c15-13(21)11-10-12(23-18-11)14(22)19(7-16-10)6-9(20)17-8-4-2-1-3-5-8/h7-8H,1-6H2,(H2,15,21)(H,17,20). The molecule has 122 valence electrons. The first kappa shape index (κ1) is 15.6. The highest BCUT2D eigenvalue weighted by molar-refractivity contribution is 7.13. The molecule has 23 heavy (non-hydrogen) atoms. The van der Waals surface area contributed by atoms with E-state index in [4.69, 9.17) is 5.73 Å². The molecule has 2 aromatic heterocycles. The molecule has 0 aliphatic heterocycles. The molecule has 8 nitrogen and oxygen atoms in total. The van der Waals surface area contributed by atoms with Gasteiger partial charge in [0, 0.05) is 6.04 Å². The number of rotatable bonds is 4. The van der Waals surface area contributed by atoms with Crippen LogP contribution in [0.2, 0.25) is 0 Å². The van der Waals surface area contributed by atoms with Gasteiger partial charge in [-0.05, 0) is 24.4 Å². The number of nitrogens with two attached hydrogens (primary N) is 1. The van der Waals surface area contributed by atoms with Gasteiger partial charge in [-0.15, -0.1) is 0 Å². The summed E-state index contributed by atoms with van der Waals surface area (Å²) in [5.41, 5.74) is 4.98. The Balaban J connectivity index is 1.77. The van der Waals surface area contributed by atoms with Crippen molar-refractivity contribution in [1.82, 2.24) is 19.2 Å². The first-order chi connectivity index (χ1) is 11.1. The van der Waals surface area contributed by atoms with Crippen molar-refractivity contribution in [3.63, 3.8) is 0 Å². The number of primary amides is 1. The highest BCUT2D eigenvalue weighted by Crippen LogP contribution is 2.18. The normalized spacial score (nSPS) is 15.7. The molecule has 3 rings (SSSR count). The first-order valence-corrected chi connectivity index (χ1v) is 8.27. The Morgan fingerprint density at radius 2 is 2.09 bits per heavy atom. The summed E-state index contributed by atoms with van der Waals surface area (Å²) < 4.78 is 5.31. The highest BCUT2D eigenvalue weighted by atomic mass is 32.1. The van der Waals surface area contributed by atoms with Crippen molar-refractivity contribution in [3.05, 3.63) is 22.4 Å². The van der Waals surface area contributed by atoms with Crippen LogP contribution in [0.1, 0.15) is 42.6 Å². The molecule has 1 fully saturated rings. The van der Waals surface area contributed by atoms with Gasteiger partial charge in [-0.3, -0.25) is 19.0 Å². The van der Waals surface area contributed by atoms with Crippen molar-refractivity contribution in [3.8, 4) is 0 Å². The van der Waals surface area contributed by atoms with E-state index in [1.165, 1.54) is 17.3 Å². The molecule has 2 amide bonds. The van der Waals surface area contributed by atoms with Crippen LogP contribution in [-0.4, -0.2) is 31.8 Å². The van der Waals surface area contributed by atoms with Gasteiger partial charge < -0.3 is 11.1 Å². The number of nitrogens with one attached hydrogen (secondary N) is 1. The summed E-state index contributed by atoms with van der Waals surface area (Å²) in [6.07, 6.45) is 6.67. The minimum absolute atomic E-state index is 0.0130. The highest BCUT2D eigenvalue weighted by Gasteiger charge is 2.19. The summed E-state index contributed by atoms with van der Waals surface area (Å²) in [7, 11) is 0. The zero-order valence-electron chi connectivity index (χ0n) is 12.4. The zero-order valence-corrected chi connectivity index (χ0v) is 13.3. The lowest BCUT2D eigenvalue weighted by Gasteiger charge is -2.22. The SMILES string of the molecule is NC(=O)c1nsc2c(=O)n(CC(=O)NC3CCCCC3)cnc12. The van der Waals surface area contributed by atoms with Crippen LogP contribution in [0.25, 0.3) is 10.2 Å². The molecule has 0 spiro atoms. The van der Waals surface area contributed by atoms with Crippen LogP contribution in [0.5, 0.6) is 0 Å². The van der Waals surface area contributed by atoms with E-state index < -0.39 is 11.5 Å². The summed E-state index contributed by atoms with van der Waals surface area (Å²) >= 11 is 0.867. The second-order valence-electron chi connectivity index (χ2n) is 5.65. The van der Waals surface area contributed by atoms with Gasteiger partial charge >= 0.3 is 0 Å². The number of hydrogen-bond donors (Lipinski definition) is 2. The fourth-order valence-corrected chi connectivity index (χ4v) is 3.60. The van der Waals surface area contributed by atoms with Gasteiger partial charge in [0.25, 0.3) is 11.5 Å². The number of amides is 2. The number of carbonyl (C=O) groups is 2. The van der Waals surface area contributed by atoms with Gasteiger partial charge in [0.15, 0.2) is 5.69 Å². The third-order valence-electron chi connectivity index (χ3n) is 3.97. The van der Waals surface area contributed by atoms with Crippen molar-refractivity contribution in [1.29, 1.82) is 0 Å². The maximum Gasteiger partial charge on any atom is 0.273 e. The van der Waals surface area contributed by atoms with Crippen molar-refractivity contribution in [2.75, 3.05) is 0 Å². The summed E-state index contributed by atoms with van der Waals surface area (Å²) in [6.45, 7) is -0.0952. The van der Waals surface area contributed by atoms with Gasteiger partial charge in [-0.2, -0.15) is 4.37 Å². The Labute approximate surface area is 135 Å². The van der Waals surface area contributed by atoms with E-state index in [-0.39, 0.29) is 34.4 Å².